The molecule has 0 bridgehead atoms. The average Bonchev–Trinajstić information content (AvgIpc) is 2.89. The second kappa shape index (κ2) is 15.4. The molecule has 2 aromatic rings. The summed E-state index contributed by atoms with van der Waals surface area (Å²) in [6, 6.07) is 7.25. The molecule has 2 amide bonds. The van der Waals surface area contributed by atoms with Crippen LogP contribution in [0.25, 0.3) is 0 Å². The van der Waals surface area contributed by atoms with E-state index in [1.165, 1.54) is 0 Å². The van der Waals surface area contributed by atoms with E-state index in [-0.39, 0.29) is 38.0 Å². The predicted molar refractivity (Wildman–Crippen MR) is 145 cm³/mol. The van der Waals surface area contributed by atoms with Crippen LogP contribution in [0.15, 0.2) is 24.3 Å². The van der Waals surface area contributed by atoms with Crippen molar-refractivity contribution < 1.29 is 38.1 Å². The van der Waals surface area contributed by atoms with Crippen molar-refractivity contribution in [3.8, 4) is 11.5 Å². The minimum atomic E-state index is -0.576. The first-order chi connectivity index (χ1) is 18.5. The molecule has 0 fully saturated rings. The summed E-state index contributed by atoms with van der Waals surface area (Å²) >= 11 is 0. The lowest BCUT2D eigenvalue weighted by Gasteiger charge is -2.13. The first kappa shape index (κ1) is 31.1. The Bertz CT molecular complexity index is 1050. The average molecular weight is 543 g/mol. The van der Waals surface area contributed by atoms with Gasteiger partial charge in [0.1, 0.15) is 24.7 Å². The monoisotopic (exact) mass is 542 g/mol. The van der Waals surface area contributed by atoms with Gasteiger partial charge in [-0.25, -0.2) is 9.59 Å². The van der Waals surface area contributed by atoms with Crippen molar-refractivity contribution in [3.05, 3.63) is 57.6 Å². The van der Waals surface area contributed by atoms with E-state index >= 15 is 0 Å². The Morgan fingerprint density at radius 1 is 0.615 bits per heavy atom. The van der Waals surface area contributed by atoms with Crippen LogP contribution in [-0.4, -0.2) is 37.2 Å². The summed E-state index contributed by atoms with van der Waals surface area (Å²) in [5.74, 6) is 0.443. The lowest BCUT2D eigenvalue weighted by atomic mass is 10.1. The van der Waals surface area contributed by atoms with Crippen LogP contribution in [0.3, 0.4) is 0 Å². The summed E-state index contributed by atoms with van der Waals surface area (Å²) in [5, 5.41) is 5.27. The van der Waals surface area contributed by atoms with Gasteiger partial charge in [-0.2, -0.15) is 0 Å². The van der Waals surface area contributed by atoms with E-state index in [9.17, 15) is 19.2 Å². The highest BCUT2D eigenvalue weighted by atomic mass is 16.6. The van der Waals surface area contributed by atoms with E-state index in [1.54, 1.807) is 13.8 Å². The third-order valence-electron chi connectivity index (χ3n) is 5.68. The molecule has 0 aliphatic rings. The van der Waals surface area contributed by atoms with Gasteiger partial charge in [-0.3, -0.25) is 9.59 Å². The van der Waals surface area contributed by atoms with Gasteiger partial charge in [-0.1, -0.05) is 13.8 Å². The minimum Gasteiger partial charge on any atom is -0.445 e. The Kier molecular flexibility index (Phi) is 12.3. The number of rotatable bonds is 12. The standard InChI is InChI=1S/C29H38N2O8/c1-7-24(32)38-26-18(3)12-22(13-19(26)4)16-36-28(34)30-10-9-11-31-29(35)37-17-23-14-20(5)27(21(6)15-23)39-25(33)8-2/h12-15H,7-11,16-17H2,1-6H3,(H,30,34)(H,31,35). The Labute approximate surface area is 229 Å². The van der Waals surface area contributed by atoms with Crippen LogP contribution in [0.4, 0.5) is 9.59 Å². The minimum absolute atomic E-state index is 0.0705. The van der Waals surface area contributed by atoms with Gasteiger partial charge >= 0.3 is 24.1 Å². The summed E-state index contributed by atoms with van der Waals surface area (Å²) in [6.45, 7) is 11.5. The fourth-order valence-corrected chi connectivity index (χ4v) is 3.81. The molecule has 0 radical (unpaired) electrons. The summed E-state index contributed by atoms with van der Waals surface area (Å²) in [6.07, 6.45) is -0.0969. The molecule has 2 rings (SSSR count). The van der Waals surface area contributed by atoms with Crippen LogP contribution < -0.4 is 20.1 Å². The van der Waals surface area contributed by atoms with Crippen molar-refractivity contribution in [2.75, 3.05) is 13.1 Å². The molecule has 0 atom stereocenters. The van der Waals surface area contributed by atoms with Gasteiger partial charge in [0, 0.05) is 25.9 Å². The molecular weight excluding hydrogens is 504 g/mol. The second-order valence-electron chi connectivity index (χ2n) is 9.13. The summed E-state index contributed by atoms with van der Waals surface area (Å²) in [7, 11) is 0. The van der Waals surface area contributed by atoms with E-state index in [1.807, 2.05) is 52.0 Å². The van der Waals surface area contributed by atoms with Crippen LogP contribution in [-0.2, 0) is 32.3 Å². The van der Waals surface area contributed by atoms with E-state index in [0.29, 0.717) is 31.0 Å². The van der Waals surface area contributed by atoms with Gasteiger partial charge in [0.05, 0.1) is 0 Å². The maximum atomic E-state index is 12.0. The van der Waals surface area contributed by atoms with Crippen molar-refractivity contribution in [2.45, 2.75) is 74.0 Å². The summed E-state index contributed by atoms with van der Waals surface area (Å²) in [4.78, 5) is 47.2. The molecule has 2 N–H and O–H groups in total. The molecule has 212 valence electrons. The molecule has 0 aromatic heterocycles. The molecule has 0 saturated carbocycles. The summed E-state index contributed by atoms with van der Waals surface area (Å²) in [5.41, 5.74) is 4.70. The zero-order chi connectivity index (χ0) is 28.9. The third-order valence-corrected chi connectivity index (χ3v) is 5.68. The van der Waals surface area contributed by atoms with Crippen LogP contribution in [0.5, 0.6) is 11.5 Å². The van der Waals surface area contributed by atoms with E-state index in [0.717, 1.165) is 33.4 Å². The zero-order valence-electron chi connectivity index (χ0n) is 23.5. The highest BCUT2D eigenvalue weighted by molar-refractivity contribution is 5.73. The first-order valence-corrected chi connectivity index (χ1v) is 13.0. The number of carbonyl (C=O) groups is 4. The molecule has 0 spiro atoms. The number of carbonyl (C=O) groups excluding carboxylic acids is 4. The second-order valence-corrected chi connectivity index (χ2v) is 9.13. The Hall–Kier alpha value is -4.08. The number of hydrogen-bond donors (Lipinski definition) is 2. The van der Waals surface area contributed by atoms with Gasteiger partial charge in [0.15, 0.2) is 0 Å². The topological polar surface area (TPSA) is 129 Å². The smallest absolute Gasteiger partial charge is 0.407 e. The number of esters is 2. The fourth-order valence-electron chi connectivity index (χ4n) is 3.81. The van der Waals surface area contributed by atoms with Gasteiger partial charge in [0.2, 0.25) is 0 Å². The molecule has 39 heavy (non-hydrogen) atoms. The maximum Gasteiger partial charge on any atom is 0.407 e. The third kappa shape index (κ3) is 10.3. The van der Waals surface area contributed by atoms with E-state index in [2.05, 4.69) is 10.6 Å². The number of amides is 2. The molecule has 2 aromatic carbocycles. The highest BCUT2D eigenvalue weighted by Crippen LogP contribution is 2.26. The molecule has 0 heterocycles. The lowest BCUT2D eigenvalue weighted by Crippen LogP contribution is -2.30. The number of benzene rings is 2. The van der Waals surface area contributed by atoms with Crippen LogP contribution in [0.1, 0.15) is 66.5 Å². The quantitative estimate of drug-likeness (QED) is 0.215. The number of hydrogen-bond acceptors (Lipinski definition) is 8. The van der Waals surface area contributed by atoms with Gasteiger partial charge < -0.3 is 29.6 Å². The zero-order valence-corrected chi connectivity index (χ0v) is 23.5. The molecule has 10 nitrogen and oxygen atoms in total. The highest BCUT2D eigenvalue weighted by Gasteiger charge is 2.13. The largest absolute Gasteiger partial charge is 0.445 e. The molecule has 0 unspecified atom stereocenters. The number of ether oxygens (including phenoxy) is 4. The van der Waals surface area contributed by atoms with Gasteiger partial charge in [0.25, 0.3) is 0 Å². The van der Waals surface area contributed by atoms with Crippen molar-refractivity contribution in [3.63, 3.8) is 0 Å². The Morgan fingerprint density at radius 2 is 0.949 bits per heavy atom. The molecule has 10 heteroatoms. The van der Waals surface area contributed by atoms with Crippen molar-refractivity contribution >= 4 is 24.1 Å². The van der Waals surface area contributed by atoms with Gasteiger partial charge in [-0.15, -0.1) is 0 Å². The van der Waals surface area contributed by atoms with Crippen LogP contribution in [0.2, 0.25) is 0 Å². The van der Waals surface area contributed by atoms with Crippen LogP contribution in [0, 0.1) is 27.7 Å². The number of nitrogens with one attached hydrogen (secondary N) is 2. The summed E-state index contributed by atoms with van der Waals surface area (Å²) < 4.78 is 21.2. The van der Waals surface area contributed by atoms with Crippen molar-refractivity contribution in [2.24, 2.45) is 0 Å². The predicted octanol–water partition coefficient (Wildman–Crippen LogP) is 5.09. The molecule has 0 saturated heterocycles. The SMILES string of the molecule is CCC(=O)Oc1c(C)cc(COC(=O)NCCCNC(=O)OCc2cc(C)c(OC(=O)CC)c(C)c2)cc1C. The lowest BCUT2D eigenvalue weighted by molar-refractivity contribution is -0.135. The fraction of sp³-hybridized carbons (Fsp3) is 0.448. The van der Waals surface area contributed by atoms with Crippen LogP contribution >= 0.6 is 0 Å². The molecular formula is C29H38N2O8. The Morgan fingerprint density at radius 3 is 1.26 bits per heavy atom. The molecule has 0 aliphatic heterocycles. The van der Waals surface area contributed by atoms with E-state index in [4.69, 9.17) is 18.9 Å². The number of alkyl carbamates (subject to hydrolysis) is 2. The van der Waals surface area contributed by atoms with E-state index < -0.39 is 12.2 Å². The molecule has 0 aliphatic carbocycles. The van der Waals surface area contributed by atoms with Gasteiger partial charge in [-0.05, 0) is 91.8 Å². The first-order valence-electron chi connectivity index (χ1n) is 13.0. The van der Waals surface area contributed by atoms with Crippen molar-refractivity contribution in [1.29, 1.82) is 0 Å². The normalized spacial score (nSPS) is 10.4. The van der Waals surface area contributed by atoms with Crippen molar-refractivity contribution in [1.82, 2.24) is 10.6 Å². The Balaban J connectivity index is 1.67. The number of aryl methyl sites for hydroxylation is 4. The maximum absolute atomic E-state index is 12.0.